The Balaban J connectivity index is 1.84. The molecule has 5 nitrogen and oxygen atoms in total. The van der Waals surface area contributed by atoms with Gasteiger partial charge in [-0.1, -0.05) is 29.3 Å². The Kier molecular flexibility index (Phi) is 5.06. The Labute approximate surface area is 155 Å². The van der Waals surface area contributed by atoms with E-state index in [0.29, 0.717) is 21.4 Å². The van der Waals surface area contributed by atoms with E-state index in [0.717, 1.165) is 5.56 Å². The maximum atomic E-state index is 12.5. The van der Waals surface area contributed by atoms with Crippen LogP contribution < -0.4 is 10.3 Å². The summed E-state index contributed by atoms with van der Waals surface area (Å²) in [5.41, 5.74) is 2.25. The first-order valence-electron chi connectivity index (χ1n) is 7.68. The molecule has 2 aromatic carbocycles. The summed E-state index contributed by atoms with van der Waals surface area (Å²) in [6.45, 7) is 1.82. The Morgan fingerprint density at radius 1 is 1.12 bits per heavy atom. The van der Waals surface area contributed by atoms with Crippen molar-refractivity contribution >= 4 is 52.1 Å². The van der Waals surface area contributed by atoms with Crippen molar-refractivity contribution in [3.05, 3.63) is 58.1 Å². The summed E-state index contributed by atoms with van der Waals surface area (Å²) in [6.07, 6.45) is 0.498. The summed E-state index contributed by atoms with van der Waals surface area (Å²) in [5.74, 6) is -0.519. The molecule has 25 heavy (non-hydrogen) atoms. The molecule has 7 heteroatoms. The lowest BCUT2D eigenvalue weighted by molar-refractivity contribution is -0.118. The van der Waals surface area contributed by atoms with Gasteiger partial charge in [0.15, 0.2) is 0 Å². The number of nitrogens with zero attached hydrogens (tertiary/aromatic N) is 2. The second-order valence-corrected chi connectivity index (χ2v) is 6.44. The van der Waals surface area contributed by atoms with Gasteiger partial charge in [-0.15, -0.1) is 0 Å². The molecule has 0 radical (unpaired) electrons. The summed E-state index contributed by atoms with van der Waals surface area (Å²) < 4.78 is 0. The molecule has 2 amide bonds. The minimum absolute atomic E-state index is 0.169. The van der Waals surface area contributed by atoms with Crippen LogP contribution in [0.4, 0.5) is 11.4 Å². The number of amides is 2. The van der Waals surface area contributed by atoms with Crippen LogP contribution in [0.15, 0.2) is 47.6 Å². The highest BCUT2D eigenvalue weighted by atomic mass is 35.5. The third-order valence-electron chi connectivity index (χ3n) is 3.88. The SMILES string of the molecule is Cc1c(Cl)cccc1NC(=O)C1=NN(c2ccc(Cl)cc2)C(=O)CC1. The Hall–Kier alpha value is -2.37. The lowest BCUT2D eigenvalue weighted by Gasteiger charge is -2.23. The quantitative estimate of drug-likeness (QED) is 0.862. The second kappa shape index (κ2) is 7.25. The number of rotatable bonds is 3. The van der Waals surface area contributed by atoms with Gasteiger partial charge in [0.05, 0.1) is 5.69 Å². The fourth-order valence-electron chi connectivity index (χ4n) is 2.44. The molecular weight excluding hydrogens is 361 g/mol. The number of anilines is 2. The highest BCUT2D eigenvalue weighted by molar-refractivity contribution is 6.44. The van der Waals surface area contributed by atoms with Crippen LogP contribution in [-0.4, -0.2) is 17.5 Å². The van der Waals surface area contributed by atoms with Crippen LogP contribution in [0.5, 0.6) is 0 Å². The number of carbonyl (C=O) groups excluding carboxylic acids is 2. The minimum Gasteiger partial charge on any atom is -0.321 e. The fraction of sp³-hybridized carbons (Fsp3) is 0.167. The smallest absolute Gasteiger partial charge is 0.271 e. The van der Waals surface area contributed by atoms with Crippen LogP contribution in [0.2, 0.25) is 10.0 Å². The Bertz CT molecular complexity index is 863. The van der Waals surface area contributed by atoms with E-state index in [4.69, 9.17) is 23.2 Å². The van der Waals surface area contributed by atoms with E-state index < -0.39 is 0 Å². The molecule has 0 fully saturated rings. The van der Waals surface area contributed by atoms with E-state index in [9.17, 15) is 9.59 Å². The van der Waals surface area contributed by atoms with E-state index in [2.05, 4.69) is 10.4 Å². The number of carbonyl (C=O) groups is 2. The van der Waals surface area contributed by atoms with Crippen molar-refractivity contribution in [1.82, 2.24) is 0 Å². The lowest BCUT2D eigenvalue weighted by Crippen LogP contribution is -2.36. The zero-order chi connectivity index (χ0) is 18.0. The summed E-state index contributed by atoms with van der Waals surface area (Å²) in [7, 11) is 0. The number of hydrogen-bond donors (Lipinski definition) is 1. The molecule has 1 heterocycles. The van der Waals surface area contributed by atoms with Gasteiger partial charge in [-0.3, -0.25) is 9.59 Å². The van der Waals surface area contributed by atoms with E-state index >= 15 is 0 Å². The molecule has 1 N–H and O–H groups in total. The molecule has 0 saturated carbocycles. The molecule has 0 unspecified atom stereocenters. The van der Waals surface area contributed by atoms with Crippen LogP contribution in [0, 0.1) is 6.92 Å². The van der Waals surface area contributed by atoms with Crippen LogP contribution in [0.1, 0.15) is 18.4 Å². The molecule has 3 rings (SSSR count). The zero-order valence-electron chi connectivity index (χ0n) is 13.4. The van der Waals surface area contributed by atoms with E-state index in [1.165, 1.54) is 5.01 Å². The molecule has 0 saturated heterocycles. The summed E-state index contributed by atoms with van der Waals surface area (Å²) in [5, 5.41) is 9.39. The highest BCUT2D eigenvalue weighted by Gasteiger charge is 2.26. The van der Waals surface area contributed by atoms with Gasteiger partial charge in [0.25, 0.3) is 5.91 Å². The largest absolute Gasteiger partial charge is 0.321 e. The van der Waals surface area contributed by atoms with Crippen LogP contribution in [0.25, 0.3) is 0 Å². The van der Waals surface area contributed by atoms with E-state index in [1.807, 2.05) is 6.92 Å². The van der Waals surface area contributed by atoms with Gasteiger partial charge in [-0.2, -0.15) is 5.10 Å². The predicted molar refractivity (Wildman–Crippen MR) is 100 cm³/mol. The molecule has 2 aromatic rings. The third-order valence-corrected chi connectivity index (χ3v) is 4.54. The maximum Gasteiger partial charge on any atom is 0.271 e. The van der Waals surface area contributed by atoms with Gasteiger partial charge in [-0.05, 0) is 48.9 Å². The topological polar surface area (TPSA) is 61.8 Å². The van der Waals surface area contributed by atoms with Gasteiger partial charge >= 0.3 is 0 Å². The average Bonchev–Trinajstić information content (AvgIpc) is 2.60. The van der Waals surface area contributed by atoms with Gasteiger partial charge in [-0.25, -0.2) is 5.01 Å². The standard InChI is InChI=1S/C18H15Cl2N3O2/c1-11-14(20)3-2-4-15(11)21-18(25)16-9-10-17(24)23(22-16)13-7-5-12(19)6-8-13/h2-8H,9-10H2,1H3,(H,21,25). The number of hydrazone groups is 1. The van der Waals surface area contributed by atoms with E-state index in [-0.39, 0.29) is 30.4 Å². The second-order valence-electron chi connectivity index (χ2n) is 5.60. The molecule has 0 aromatic heterocycles. The molecule has 0 aliphatic carbocycles. The Morgan fingerprint density at radius 3 is 2.56 bits per heavy atom. The first-order valence-corrected chi connectivity index (χ1v) is 8.44. The lowest BCUT2D eigenvalue weighted by atomic mass is 10.1. The first-order chi connectivity index (χ1) is 12.0. The van der Waals surface area contributed by atoms with Gasteiger partial charge in [0, 0.05) is 28.6 Å². The van der Waals surface area contributed by atoms with Crippen LogP contribution in [0.3, 0.4) is 0 Å². The monoisotopic (exact) mass is 375 g/mol. The maximum absolute atomic E-state index is 12.5. The van der Waals surface area contributed by atoms with Crippen molar-refractivity contribution < 1.29 is 9.59 Å². The van der Waals surface area contributed by atoms with Crippen LogP contribution in [-0.2, 0) is 9.59 Å². The molecule has 0 atom stereocenters. The molecule has 0 bridgehead atoms. The van der Waals surface area contributed by atoms with Gasteiger partial charge in [0.2, 0.25) is 5.91 Å². The van der Waals surface area contributed by atoms with Crippen molar-refractivity contribution in [2.45, 2.75) is 19.8 Å². The van der Waals surface area contributed by atoms with Crippen molar-refractivity contribution in [3.63, 3.8) is 0 Å². The number of benzene rings is 2. The predicted octanol–water partition coefficient (Wildman–Crippen LogP) is 4.42. The summed E-state index contributed by atoms with van der Waals surface area (Å²) in [6, 6.07) is 12.0. The minimum atomic E-state index is -0.350. The zero-order valence-corrected chi connectivity index (χ0v) is 14.9. The van der Waals surface area contributed by atoms with Crippen molar-refractivity contribution in [2.24, 2.45) is 5.10 Å². The fourth-order valence-corrected chi connectivity index (χ4v) is 2.74. The van der Waals surface area contributed by atoms with Crippen molar-refractivity contribution in [3.8, 4) is 0 Å². The normalized spacial score (nSPS) is 14.3. The third kappa shape index (κ3) is 3.83. The average molecular weight is 376 g/mol. The molecule has 1 aliphatic heterocycles. The molecular formula is C18H15Cl2N3O2. The van der Waals surface area contributed by atoms with E-state index in [1.54, 1.807) is 42.5 Å². The van der Waals surface area contributed by atoms with Crippen molar-refractivity contribution in [1.29, 1.82) is 0 Å². The molecule has 1 aliphatic rings. The summed E-state index contributed by atoms with van der Waals surface area (Å²) >= 11 is 11.9. The first kappa shape index (κ1) is 17.5. The number of nitrogens with one attached hydrogen (secondary N) is 1. The number of hydrogen-bond acceptors (Lipinski definition) is 3. The highest BCUT2D eigenvalue weighted by Crippen LogP contribution is 2.25. The number of halogens is 2. The molecule has 0 spiro atoms. The Morgan fingerprint density at radius 2 is 1.84 bits per heavy atom. The van der Waals surface area contributed by atoms with Crippen LogP contribution >= 0.6 is 23.2 Å². The summed E-state index contributed by atoms with van der Waals surface area (Å²) in [4.78, 5) is 24.7. The van der Waals surface area contributed by atoms with Gasteiger partial charge < -0.3 is 5.32 Å². The van der Waals surface area contributed by atoms with Gasteiger partial charge in [0.1, 0.15) is 5.71 Å². The molecule has 128 valence electrons. The van der Waals surface area contributed by atoms with Crippen molar-refractivity contribution in [2.75, 3.05) is 10.3 Å².